The minimum Gasteiger partial charge on any atom is -0.403 e. The number of nitrogen functional groups attached to an aromatic ring is 1. The van der Waals surface area contributed by atoms with Crippen LogP contribution < -0.4 is 5.73 Å². The molecule has 88 valence electrons. The Morgan fingerprint density at radius 1 is 1.35 bits per heavy atom. The molecular formula is C8H4F2N4O3. The summed E-state index contributed by atoms with van der Waals surface area (Å²) in [4.78, 5) is 9.49. The number of rotatable bonds is 2. The van der Waals surface area contributed by atoms with Gasteiger partial charge < -0.3 is 10.2 Å². The summed E-state index contributed by atoms with van der Waals surface area (Å²) in [5.74, 6) is -3.00. The lowest BCUT2D eigenvalue weighted by atomic mass is 10.1. The van der Waals surface area contributed by atoms with E-state index in [-0.39, 0.29) is 0 Å². The number of anilines is 1. The van der Waals surface area contributed by atoms with Gasteiger partial charge in [0.1, 0.15) is 11.4 Å². The Kier molecular flexibility index (Phi) is 2.42. The summed E-state index contributed by atoms with van der Waals surface area (Å²) in [5.41, 5.74) is 3.43. The molecule has 2 N–H and O–H groups in total. The summed E-state index contributed by atoms with van der Waals surface area (Å²) in [5, 5.41) is 16.9. The van der Waals surface area contributed by atoms with Crippen LogP contribution in [-0.2, 0) is 0 Å². The van der Waals surface area contributed by atoms with E-state index < -0.39 is 39.7 Å². The second kappa shape index (κ2) is 3.77. The topological polar surface area (TPSA) is 108 Å². The third-order valence-corrected chi connectivity index (χ3v) is 1.92. The fourth-order valence-corrected chi connectivity index (χ4v) is 1.21. The van der Waals surface area contributed by atoms with Crippen LogP contribution in [0.3, 0.4) is 0 Å². The smallest absolute Gasteiger partial charge is 0.313 e. The van der Waals surface area contributed by atoms with E-state index in [0.717, 1.165) is 6.07 Å². The number of nitro groups is 1. The lowest BCUT2D eigenvalue weighted by Gasteiger charge is -2.00. The number of nitrogens with zero attached hydrogens (tertiary/aromatic N) is 3. The van der Waals surface area contributed by atoms with Gasteiger partial charge in [-0.05, 0) is 6.07 Å². The van der Waals surface area contributed by atoms with Crippen molar-refractivity contribution in [2.24, 2.45) is 0 Å². The Morgan fingerprint density at radius 3 is 2.59 bits per heavy atom. The van der Waals surface area contributed by atoms with Gasteiger partial charge in [-0.25, -0.2) is 4.39 Å². The number of hydrogen-bond acceptors (Lipinski definition) is 6. The van der Waals surface area contributed by atoms with Gasteiger partial charge in [-0.2, -0.15) is 4.39 Å². The van der Waals surface area contributed by atoms with E-state index in [4.69, 9.17) is 5.73 Å². The Hall–Kier alpha value is -2.58. The molecule has 0 bridgehead atoms. The largest absolute Gasteiger partial charge is 0.403 e. The first-order valence-corrected chi connectivity index (χ1v) is 4.22. The highest BCUT2D eigenvalue weighted by molar-refractivity contribution is 5.60. The average molecular weight is 242 g/mol. The van der Waals surface area contributed by atoms with Gasteiger partial charge >= 0.3 is 11.7 Å². The van der Waals surface area contributed by atoms with Crippen LogP contribution >= 0.6 is 0 Å². The molecule has 2 aromatic rings. The lowest BCUT2D eigenvalue weighted by molar-refractivity contribution is -0.387. The highest BCUT2D eigenvalue weighted by Crippen LogP contribution is 2.30. The number of halogens is 2. The molecule has 7 nitrogen and oxygen atoms in total. The van der Waals surface area contributed by atoms with E-state index in [2.05, 4.69) is 14.6 Å². The zero-order valence-corrected chi connectivity index (χ0v) is 8.05. The Balaban J connectivity index is 2.68. The van der Waals surface area contributed by atoms with Crippen molar-refractivity contribution in [1.82, 2.24) is 10.2 Å². The summed E-state index contributed by atoms with van der Waals surface area (Å²) >= 11 is 0. The quantitative estimate of drug-likeness (QED) is 0.631. The maximum Gasteiger partial charge on any atom is 0.313 e. The maximum atomic E-state index is 13.6. The zero-order valence-electron chi connectivity index (χ0n) is 8.05. The van der Waals surface area contributed by atoms with Gasteiger partial charge in [0.15, 0.2) is 0 Å². The van der Waals surface area contributed by atoms with Crippen LogP contribution in [0.2, 0.25) is 0 Å². The molecule has 0 atom stereocenters. The second-order valence-corrected chi connectivity index (χ2v) is 2.96. The highest BCUT2D eigenvalue weighted by atomic mass is 19.1. The molecule has 0 aliphatic rings. The summed E-state index contributed by atoms with van der Waals surface area (Å²) in [7, 11) is 0. The first-order valence-electron chi connectivity index (χ1n) is 4.22. The predicted octanol–water partition coefficient (Wildman–Crippen LogP) is 1.51. The van der Waals surface area contributed by atoms with Crippen LogP contribution in [0.4, 0.5) is 20.5 Å². The first kappa shape index (κ1) is 10.9. The van der Waals surface area contributed by atoms with E-state index in [0.29, 0.717) is 6.07 Å². The molecule has 0 amide bonds. The molecule has 2 rings (SSSR count). The van der Waals surface area contributed by atoms with Crippen molar-refractivity contribution in [1.29, 1.82) is 0 Å². The van der Waals surface area contributed by atoms with Crippen molar-refractivity contribution < 1.29 is 18.1 Å². The molecule has 0 aliphatic heterocycles. The maximum absolute atomic E-state index is 13.6. The third kappa shape index (κ3) is 1.77. The summed E-state index contributed by atoms with van der Waals surface area (Å²) in [6, 6.07) is 1.04. The van der Waals surface area contributed by atoms with Crippen LogP contribution in [-0.4, -0.2) is 15.1 Å². The Bertz CT molecular complexity index is 598. The fraction of sp³-hybridized carbons (Fsp3) is 0. The molecule has 0 fully saturated rings. The minimum absolute atomic E-state index is 0.398. The molecule has 0 aliphatic carbocycles. The molecular weight excluding hydrogens is 238 g/mol. The van der Waals surface area contributed by atoms with E-state index >= 15 is 0 Å². The summed E-state index contributed by atoms with van der Waals surface area (Å²) < 4.78 is 31.6. The molecule has 0 unspecified atom stereocenters. The number of nitro benzene ring substituents is 1. The molecule has 9 heteroatoms. The van der Waals surface area contributed by atoms with E-state index in [1.54, 1.807) is 0 Å². The van der Waals surface area contributed by atoms with Crippen molar-refractivity contribution >= 4 is 11.7 Å². The molecule has 0 saturated heterocycles. The van der Waals surface area contributed by atoms with Gasteiger partial charge in [0, 0.05) is 6.07 Å². The predicted molar refractivity (Wildman–Crippen MR) is 50.7 cm³/mol. The molecule has 0 spiro atoms. The van der Waals surface area contributed by atoms with Crippen molar-refractivity contribution in [2.45, 2.75) is 0 Å². The first-order chi connectivity index (χ1) is 8.00. The number of hydrogen-bond donors (Lipinski definition) is 1. The lowest BCUT2D eigenvalue weighted by Crippen LogP contribution is -1.97. The van der Waals surface area contributed by atoms with Gasteiger partial charge in [0.2, 0.25) is 5.82 Å². The Labute approximate surface area is 92.0 Å². The summed E-state index contributed by atoms with van der Waals surface area (Å²) in [6.07, 6.45) is 0. The molecule has 1 heterocycles. The summed E-state index contributed by atoms with van der Waals surface area (Å²) in [6.45, 7) is 0. The van der Waals surface area contributed by atoms with E-state index in [9.17, 15) is 18.9 Å². The van der Waals surface area contributed by atoms with Crippen molar-refractivity contribution in [2.75, 3.05) is 5.73 Å². The van der Waals surface area contributed by atoms with Crippen LogP contribution in [0.15, 0.2) is 16.5 Å². The van der Waals surface area contributed by atoms with Gasteiger partial charge in [-0.3, -0.25) is 10.1 Å². The Morgan fingerprint density at radius 2 is 2.06 bits per heavy atom. The standard InChI is InChI=1S/C8H4F2N4O3/c9-3-1-2-4(14(15)16)6(10)5(3)7-12-13-8(11)17-7/h1-2H,(H2,11,13). The highest BCUT2D eigenvalue weighted by Gasteiger charge is 2.25. The van der Waals surface area contributed by atoms with Crippen LogP contribution in [0.5, 0.6) is 0 Å². The van der Waals surface area contributed by atoms with Crippen LogP contribution in [0.1, 0.15) is 0 Å². The monoisotopic (exact) mass is 242 g/mol. The van der Waals surface area contributed by atoms with Gasteiger partial charge in [0.25, 0.3) is 5.89 Å². The molecule has 0 saturated carbocycles. The second-order valence-electron chi connectivity index (χ2n) is 2.96. The van der Waals surface area contributed by atoms with Crippen LogP contribution in [0.25, 0.3) is 11.5 Å². The SMILES string of the molecule is Nc1nnc(-c2c(F)ccc([N+](=O)[O-])c2F)o1. The molecule has 17 heavy (non-hydrogen) atoms. The van der Waals surface area contributed by atoms with E-state index in [1.807, 2.05) is 0 Å². The van der Waals surface area contributed by atoms with E-state index in [1.165, 1.54) is 0 Å². The third-order valence-electron chi connectivity index (χ3n) is 1.92. The van der Waals surface area contributed by atoms with Crippen LogP contribution in [0, 0.1) is 21.7 Å². The zero-order chi connectivity index (χ0) is 12.6. The van der Waals surface area contributed by atoms with Gasteiger partial charge in [0.05, 0.1) is 4.92 Å². The normalized spacial score (nSPS) is 10.5. The molecule has 0 radical (unpaired) electrons. The molecule has 1 aromatic carbocycles. The van der Waals surface area contributed by atoms with Crippen molar-refractivity contribution in [3.05, 3.63) is 33.9 Å². The number of nitrogens with two attached hydrogens (primary N) is 1. The van der Waals surface area contributed by atoms with Gasteiger partial charge in [-0.1, -0.05) is 5.10 Å². The minimum atomic E-state index is -1.39. The van der Waals surface area contributed by atoms with Crippen molar-refractivity contribution in [3.63, 3.8) is 0 Å². The van der Waals surface area contributed by atoms with Crippen molar-refractivity contribution in [3.8, 4) is 11.5 Å². The number of aromatic nitrogens is 2. The average Bonchev–Trinajstić information content (AvgIpc) is 2.64. The van der Waals surface area contributed by atoms with Gasteiger partial charge in [-0.15, -0.1) is 5.10 Å². The number of benzene rings is 1. The fourth-order valence-electron chi connectivity index (χ4n) is 1.21. The molecule has 1 aromatic heterocycles.